The largest absolute Gasteiger partial charge is 0.306 e. The van der Waals surface area contributed by atoms with Crippen LogP contribution >= 0.6 is 0 Å². The van der Waals surface area contributed by atoms with Gasteiger partial charge in [-0.2, -0.15) is 0 Å². The molecule has 0 radical (unpaired) electrons. The Balaban J connectivity index is 1.57. The van der Waals surface area contributed by atoms with Crippen molar-refractivity contribution in [3.05, 3.63) is 53.1 Å². The van der Waals surface area contributed by atoms with Crippen LogP contribution < -0.4 is 4.90 Å². The van der Waals surface area contributed by atoms with Crippen molar-refractivity contribution in [3.8, 4) is 0 Å². The van der Waals surface area contributed by atoms with Crippen LogP contribution in [0.1, 0.15) is 40.7 Å². The number of rotatable bonds is 2. The molecule has 2 aliphatic heterocycles. The van der Waals surface area contributed by atoms with Crippen LogP contribution in [0.15, 0.2) is 36.4 Å². The summed E-state index contributed by atoms with van der Waals surface area (Å²) in [6.45, 7) is 6.93. The molecule has 1 aromatic heterocycles. The molecule has 28 heavy (non-hydrogen) atoms. The second-order valence-corrected chi connectivity index (χ2v) is 8.07. The minimum atomic E-state index is 0.0649. The quantitative estimate of drug-likeness (QED) is 0.690. The molecule has 2 atom stereocenters. The van der Waals surface area contributed by atoms with Crippen molar-refractivity contribution in [1.82, 2.24) is 19.9 Å². The predicted molar refractivity (Wildman–Crippen MR) is 110 cm³/mol. The minimum absolute atomic E-state index is 0.0649. The zero-order valence-corrected chi connectivity index (χ0v) is 16.6. The highest BCUT2D eigenvalue weighted by Crippen LogP contribution is 2.45. The fourth-order valence-electron chi connectivity index (χ4n) is 4.82. The number of benzene rings is 2. The van der Waals surface area contributed by atoms with Crippen molar-refractivity contribution in [2.45, 2.75) is 38.8 Å². The van der Waals surface area contributed by atoms with Crippen molar-refractivity contribution in [1.29, 1.82) is 0 Å². The van der Waals surface area contributed by atoms with Crippen LogP contribution in [-0.4, -0.2) is 52.0 Å². The van der Waals surface area contributed by atoms with Gasteiger partial charge in [-0.15, -0.1) is 5.10 Å². The number of likely N-dealkylation sites (N-methyl/N-ethyl adjacent to an activating group) is 1. The summed E-state index contributed by atoms with van der Waals surface area (Å²) in [6, 6.07) is 12.5. The molecule has 0 N–H and O–H groups in total. The number of hydrogen-bond acceptors (Lipinski definition) is 4. The lowest BCUT2D eigenvalue weighted by molar-refractivity contribution is 0.0965. The zero-order chi connectivity index (χ0) is 19.4. The van der Waals surface area contributed by atoms with Gasteiger partial charge in [0.1, 0.15) is 5.52 Å². The van der Waals surface area contributed by atoms with Gasteiger partial charge in [0.15, 0.2) is 0 Å². The third kappa shape index (κ3) is 2.55. The van der Waals surface area contributed by atoms with Gasteiger partial charge >= 0.3 is 0 Å². The van der Waals surface area contributed by atoms with E-state index in [1.165, 1.54) is 11.1 Å². The van der Waals surface area contributed by atoms with Crippen molar-refractivity contribution in [2.75, 3.05) is 25.0 Å². The van der Waals surface area contributed by atoms with E-state index in [1.807, 2.05) is 34.7 Å². The molecule has 144 valence electrons. The van der Waals surface area contributed by atoms with Crippen molar-refractivity contribution < 1.29 is 4.79 Å². The van der Waals surface area contributed by atoms with E-state index < -0.39 is 0 Å². The van der Waals surface area contributed by atoms with Crippen molar-refractivity contribution in [3.63, 3.8) is 0 Å². The third-order valence-corrected chi connectivity index (χ3v) is 6.23. The molecule has 1 saturated heterocycles. The Hall–Kier alpha value is -2.73. The molecule has 0 spiro atoms. The molecule has 3 heterocycles. The van der Waals surface area contributed by atoms with Crippen molar-refractivity contribution >= 4 is 22.6 Å². The number of piperidine rings is 1. The summed E-state index contributed by atoms with van der Waals surface area (Å²) < 4.78 is 1.85. The summed E-state index contributed by atoms with van der Waals surface area (Å²) in [5.74, 6) is 0.442. The molecule has 0 aliphatic carbocycles. The van der Waals surface area contributed by atoms with Gasteiger partial charge in [0, 0.05) is 36.3 Å². The molecular weight excluding hydrogens is 350 g/mol. The molecule has 0 saturated carbocycles. The highest BCUT2D eigenvalue weighted by Gasteiger charge is 2.44. The van der Waals surface area contributed by atoms with Gasteiger partial charge in [-0.25, -0.2) is 4.68 Å². The molecule has 2 aliphatic rings. The molecule has 6 nitrogen and oxygen atoms in total. The Kier molecular flexibility index (Phi) is 3.98. The number of nitrogens with zero attached hydrogens (tertiary/aromatic N) is 5. The van der Waals surface area contributed by atoms with Gasteiger partial charge in [-0.1, -0.05) is 22.9 Å². The fraction of sp³-hybridized carbons (Fsp3) is 0.409. The van der Waals surface area contributed by atoms with E-state index in [2.05, 4.69) is 47.4 Å². The molecule has 2 aromatic carbocycles. The first-order valence-electron chi connectivity index (χ1n) is 10.0. The number of carbonyl (C=O) groups excluding carboxylic acids is 1. The van der Waals surface area contributed by atoms with E-state index >= 15 is 0 Å². The van der Waals surface area contributed by atoms with Crippen LogP contribution in [0.2, 0.25) is 0 Å². The monoisotopic (exact) mass is 375 g/mol. The first-order chi connectivity index (χ1) is 13.6. The molecular formula is C22H25N5O. The molecule has 0 bridgehead atoms. The van der Waals surface area contributed by atoms with E-state index in [0.717, 1.165) is 42.8 Å². The Morgan fingerprint density at radius 1 is 1.21 bits per heavy atom. The topological polar surface area (TPSA) is 54.3 Å². The van der Waals surface area contributed by atoms with Gasteiger partial charge in [0.05, 0.1) is 5.52 Å². The van der Waals surface area contributed by atoms with Crippen LogP contribution in [0.5, 0.6) is 0 Å². The lowest BCUT2D eigenvalue weighted by atomic mass is 9.88. The van der Waals surface area contributed by atoms with Gasteiger partial charge < -0.3 is 9.80 Å². The number of carbonyl (C=O) groups is 1. The number of amides is 1. The summed E-state index contributed by atoms with van der Waals surface area (Å²) in [5.41, 5.74) is 6.05. The van der Waals surface area contributed by atoms with Crippen molar-refractivity contribution in [2.24, 2.45) is 0 Å². The Morgan fingerprint density at radius 3 is 2.89 bits per heavy atom. The van der Waals surface area contributed by atoms with Gasteiger partial charge in [-0.3, -0.25) is 4.79 Å². The van der Waals surface area contributed by atoms with E-state index in [9.17, 15) is 4.79 Å². The summed E-state index contributed by atoms with van der Waals surface area (Å²) in [5, 5.41) is 8.41. The number of hydrogen-bond donors (Lipinski definition) is 0. The molecule has 6 heteroatoms. The van der Waals surface area contributed by atoms with Crippen LogP contribution in [0.3, 0.4) is 0 Å². The maximum atomic E-state index is 13.6. The predicted octanol–water partition coefficient (Wildman–Crippen LogP) is 3.21. The van der Waals surface area contributed by atoms with Crippen LogP contribution in [0.4, 0.5) is 5.69 Å². The number of fused-ring (bicyclic) bond motifs is 4. The molecule has 3 aromatic rings. The number of aryl methyl sites for hydroxylation is 2. The Morgan fingerprint density at radius 2 is 2.07 bits per heavy atom. The van der Waals surface area contributed by atoms with Crippen LogP contribution in [0.25, 0.3) is 11.0 Å². The standard InChI is InChI=1S/C22H25N5O/c1-4-26-21-8-6-15(12-18(21)23-24-26)22(28)27-19-7-5-14(2)11-16(19)17-13-25(3)10-9-20(17)27/h5-8,11-12,17,20H,4,9-10,13H2,1-3H3/t17-,20+/m0/s1. The second kappa shape index (κ2) is 6.41. The SMILES string of the molecule is CCn1nnc2cc(C(=O)N3c4ccc(C)cc4[C@@H]4CN(C)CC[C@H]43)ccc21. The smallest absolute Gasteiger partial charge is 0.258 e. The lowest BCUT2D eigenvalue weighted by Crippen LogP contribution is -2.47. The van der Waals surface area contributed by atoms with Crippen LogP contribution in [-0.2, 0) is 6.54 Å². The Bertz CT molecular complexity index is 1070. The molecule has 1 amide bonds. The summed E-state index contributed by atoms with van der Waals surface area (Å²) >= 11 is 0. The van der Waals surface area contributed by atoms with Crippen LogP contribution in [0, 0.1) is 6.92 Å². The molecule has 0 unspecified atom stereocenters. The maximum absolute atomic E-state index is 13.6. The van der Waals surface area contributed by atoms with Gasteiger partial charge in [-0.05, 0) is 63.7 Å². The van der Waals surface area contributed by atoms with E-state index in [0.29, 0.717) is 11.5 Å². The number of anilines is 1. The normalized spacial score (nSPS) is 21.8. The average molecular weight is 375 g/mol. The van der Waals surface area contributed by atoms with Gasteiger partial charge in [0.2, 0.25) is 0 Å². The lowest BCUT2D eigenvalue weighted by Gasteiger charge is -2.36. The first-order valence-corrected chi connectivity index (χ1v) is 10.0. The second-order valence-electron chi connectivity index (χ2n) is 8.07. The molecule has 5 rings (SSSR count). The minimum Gasteiger partial charge on any atom is -0.306 e. The number of aromatic nitrogens is 3. The van der Waals surface area contributed by atoms with E-state index in [4.69, 9.17) is 0 Å². The summed E-state index contributed by atoms with van der Waals surface area (Å²) in [6.07, 6.45) is 0.995. The fourth-order valence-corrected chi connectivity index (χ4v) is 4.82. The number of likely N-dealkylation sites (tertiary alicyclic amines) is 1. The summed E-state index contributed by atoms with van der Waals surface area (Å²) in [4.78, 5) is 18.0. The Labute approximate surface area is 164 Å². The van der Waals surface area contributed by atoms with Gasteiger partial charge in [0.25, 0.3) is 5.91 Å². The molecule has 1 fully saturated rings. The highest BCUT2D eigenvalue weighted by atomic mass is 16.2. The zero-order valence-electron chi connectivity index (χ0n) is 16.6. The first kappa shape index (κ1) is 17.4. The maximum Gasteiger partial charge on any atom is 0.258 e. The van der Waals surface area contributed by atoms with E-state index in [1.54, 1.807) is 0 Å². The third-order valence-electron chi connectivity index (χ3n) is 6.23. The van der Waals surface area contributed by atoms with E-state index in [-0.39, 0.29) is 11.9 Å². The summed E-state index contributed by atoms with van der Waals surface area (Å²) in [7, 11) is 2.17. The highest BCUT2D eigenvalue weighted by molar-refractivity contribution is 6.09. The average Bonchev–Trinajstić information content (AvgIpc) is 3.25.